The molecule has 4 aromatic rings. The number of aliphatic hydroxyl groups is 1. The van der Waals surface area contributed by atoms with Gasteiger partial charge in [-0.15, -0.1) is 0 Å². The summed E-state index contributed by atoms with van der Waals surface area (Å²) in [5.41, 5.74) is 13.4. The van der Waals surface area contributed by atoms with Gasteiger partial charge in [0.25, 0.3) is 0 Å². The van der Waals surface area contributed by atoms with Crippen LogP contribution >= 0.6 is 0 Å². The zero-order valence-corrected chi connectivity index (χ0v) is 18.5. The average Bonchev–Trinajstić information content (AvgIpc) is 3.38. The van der Waals surface area contributed by atoms with Gasteiger partial charge in [0, 0.05) is 31.5 Å². The molecule has 11 heteroatoms. The van der Waals surface area contributed by atoms with Gasteiger partial charge in [-0.3, -0.25) is 4.98 Å². The molecule has 0 spiro atoms. The number of rotatable bonds is 6. The van der Waals surface area contributed by atoms with E-state index in [9.17, 15) is 5.11 Å². The fraction of sp³-hybridized carbons (Fsp3) is 0.318. The van der Waals surface area contributed by atoms with Crippen LogP contribution < -0.4 is 16.2 Å². The number of nitrogens with zero attached hydrogens (tertiary/aromatic N) is 6. The van der Waals surface area contributed by atoms with Crippen LogP contribution in [0.4, 0.5) is 5.82 Å². The lowest BCUT2D eigenvalue weighted by atomic mass is 10.1. The van der Waals surface area contributed by atoms with Crippen molar-refractivity contribution in [3.63, 3.8) is 0 Å². The Bertz CT molecular complexity index is 1330. The maximum absolute atomic E-state index is 10.1. The maximum atomic E-state index is 10.1. The molecule has 33 heavy (non-hydrogen) atoms. The number of hydrogen-bond donors (Lipinski definition) is 3. The highest BCUT2D eigenvalue weighted by molar-refractivity contribution is 5.86. The van der Waals surface area contributed by atoms with Crippen LogP contribution in [0.2, 0.25) is 0 Å². The van der Waals surface area contributed by atoms with Crippen molar-refractivity contribution in [1.82, 2.24) is 29.8 Å². The molecule has 0 aliphatic heterocycles. The van der Waals surface area contributed by atoms with Crippen LogP contribution in [0.1, 0.15) is 38.1 Å². The van der Waals surface area contributed by atoms with Crippen molar-refractivity contribution >= 4 is 16.9 Å². The van der Waals surface area contributed by atoms with Crippen molar-refractivity contribution in [2.75, 3.05) is 12.3 Å². The van der Waals surface area contributed by atoms with E-state index in [0.717, 1.165) is 5.56 Å². The van der Waals surface area contributed by atoms with E-state index in [4.69, 9.17) is 20.8 Å². The minimum absolute atomic E-state index is 0.120. The minimum atomic E-state index is -1.22. The monoisotopic (exact) mass is 448 g/mol. The Kier molecular flexibility index (Phi) is 5.95. The Hall–Kier alpha value is -4.01. The molecule has 11 nitrogen and oxygen atoms in total. The second-order valence-corrected chi connectivity index (χ2v) is 7.79. The molecule has 0 bridgehead atoms. The summed E-state index contributed by atoms with van der Waals surface area (Å²) in [4.78, 5) is 13.3. The number of ether oxygens (including phenoxy) is 1. The number of imidazole rings is 1. The van der Waals surface area contributed by atoms with Crippen molar-refractivity contribution < 1.29 is 14.5 Å². The quantitative estimate of drug-likeness (QED) is 0.370. The molecule has 0 saturated heterocycles. The van der Waals surface area contributed by atoms with Gasteiger partial charge in [-0.05, 0) is 54.7 Å². The fourth-order valence-electron chi connectivity index (χ4n) is 3.29. The first-order chi connectivity index (χ1) is 15.8. The van der Waals surface area contributed by atoms with Gasteiger partial charge in [0.1, 0.15) is 22.9 Å². The molecule has 0 aliphatic carbocycles. The van der Waals surface area contributed by atoms with Crippen LogP contribution in [0, 0.1) is 11.8 Å². The van der Waals surface area contributed by atoms with Crippen LogP contribution in [0.3, 0.4) is 0 Å². The van der Waals surface area contributed by atoms with Gasteiger partial charge in [-0.1, -0.05) is 5.92 Å². The van der Waals surface area contributed by atoms with Gasteiger partial charge in [0.2, 0.25) is 5.88 Å². The molecule has 1 atom stereocenters. The summed E-state index contributed by atoms with van der Waals surface area (Å²) < 4.78 is 12.8. The van der Waals surface area contributed by atoms with Crippen molar-refractivity contribution in [3.8, 4) is 29.2 Å². The lowest BCUT2D eigenvalue weighted by molar-refractivity contribution is 0.143. The van der Waals surface area contributed by atoms with Gasteiger partial charge in [0.15, 0.2) is 17.3 Å². The van der Waals surface area contributed by atoms with Crippen LogP contribution in [0.5, 0.6) is 5.88 Å². The molecule has 4 aromatic heterocycles. The van der Waals surface area contributed by atoms with Gasteiger partial charge in [0.05, 0.1) is 5.52 Å². The van der Waals surface area contributed by atoms with Crippen LogP contribution in [0.25, 0.3) is 22.6 Å². The molecule has 5 N–H and O–H groups in total. The Morgan fingerprint density at radius 3 is 2.61 bits per heavy atom. The Morgan fingerprint density at radius 2 is 2.00 bits per heavy atom. The average molecular weight is 448 g/mol. The normalized spacial score (nSPS) is 12.4. The number of anilines is 1. The topological polar surface area (TPSA) is 164 Å². The highest BCUT2D eigenvalue weighted by Crippen LogP contribution is 2.31. The summed E-state index contributed by atoms with van der Waals surface area (Å²) >= 11 is 0. The van der Waals surface area contributed by atoms with Crippen molar-refractivity contribution in [2.45, 2.75) is 39.0 Å². The molecule has 0 amide bonds. The lowest BCUT2D eigenvalue weighted by Crippen LogP contribution is -2.19. The number of hydrogen-bond acceptors (Lipinski definition) is 10. The minimum Gasteiger partial charge on any atom is -0.468 e. The molecule has 4 rings (SSSR count). The number of nitrogens with two attached hydrogens (primary N) is 2. The second kappa shape index (κ2) is 8.85. The smallest absolute Gasteiger partial charge is 0.217 e. The largest absolute Gasteiger partial charge is 0.468 e. The Labute approximate surface area is 189 Å². The highest BCUT2D eigenvalue weighted by Gasteiger charge is 2.22. The van der Waals surface area contributed by atoms with Crippen LogP contribution in [0.15, 0.2) is 35.2 Å². The molecular formula is C22H24N8O3. The molecular weight excluding hydrogens is 424 g/mol. The molecule has 0 fully saturated rings. The van der Waals surface area contributed by atoms with Crippen molar-refractivity contribution in [1.29, 1.82) is 0 Å². The number of pyridine rings is 2. The summed E-state index contributed by atoms with van der Waals surface area (Å²) in [6, 6.07) is 5.43. The van der Waals surface area contributed by atoms with E-state index in [1.165, 1.54) is 0 Å². The van der Waals surface area contributed by atoms with Gasteiger partial charge >= 0.3 is 0 Å². The summed E-state index contributed by atoms with van der Waals surface area (Å²) in [6.07, 6.45) is 2.90. The number of fused-ring (bicyclic) bond motifs is 1. The molecule has 170 valence electrons. The third-order valence-corrected chi connectivity index (χ3v) is 4.80. The first-order valence-electron chi connectivity index (χ1n) is 10.3. The second-order valence-electron chi connectivity index (χ2n) is 7.79. The summed E-state index contributed by atoms with van der Waals surface area (Å²) in [5.74, 6) is 6.59. The van der Waals surface area contributed by atoms with E-state index in [-0.39, 0.29) is 12.4 Å². The Morgan fingerprint density at radius 1 is 1.24 bits per heavy atom. The summed E-state index contributed by atoms with van der Waals surface area (Å²) in [7, 11) is 0. The molecule has 4 heterocycles. The summed E-state index contributed by atoms with van der Waals surface area (Å²) in [6.45, 7) is 5.90. The molecule has 0 aliphatic rings. The zero-order valence-electron chi connectivity index (χ0n) is 18.5. The molecule has 0 aromatic carbocycles. The van der Waals surface area contributed by atoms with Gasteiger partial charge < -0.3 is 25.9 Å². The molecule has 0 saturated carbocycles. The predicted octanol–water partition coefficient (Wildman–Crippen LogP) is 1.68. The zero-order chi connectivity index (χ0) is 23.6. The van der Waals surface area contributed by atoms with E-state index in [2.05, 4.69) is 37.1 Å². The van der Waals surface area contributed by atoms with E-state index in [1.54, 1.807) is 32.3 Å². The maximum Gasteiger partial charge on any atom is 0.217 e. The SMILES string of the molecule is CCn1c(-c2nonc2N)nc2c(C#CC(C)(C)O)nc(OC(CN)c3ccncc3)cc21. The predicted molar refractivity (Wildman–Crippen MR) is 121 cm³/mol. The Balaban J connectivity index is 1.89. The number of nitrogen functional groups attached to an aromatic ring is 1. The standard InChI is InChI=1S/C22H24N8O3/c1-4-30-15-11-17(32-16(12-23)13-6-9-25-10-7-13)26-14(5-8-22(2,3)31)18(15)27-21(30)19-20(24)29-33-28-19/h6-7,9-11,16,31H,4,12,23H2,1-3H3,(H2,24,29). The third-order valence-electron chi connectivity index (χ3n) is 4.80. The van der Waals surface area contributed by atoms with Crippen molar-refractivity contribution in [3.05, 3.63) is 41.9 Å². The van der Waals surface area contributed by atoms with Gasteiger partial charge in [-0.2, -0.15) is 0 Å². The van der Waals surface area contributed by atoms with E-state index in [1.807, 2.05) is 23.6 Å². The van der Waals surface area contributed by atoms with Crippen LogP contribution in [-0.2, 0) is 6.54 Å². The van der Waals surface area contributed by atoms with E-state index in [0.29, 0.717) is 40.7 Å². The number of aryl methyl sites for hydroxylation is 1. The first kappa shape index (κ1) is 22.2. The highest BCUT2D eigenvalue weighted by atomic mass is 16.6. The van der Waals surface area contributed by atoms with Crippen LogP contribution in [-0.4, -0.2) is 47.1 Å². The van der Waals surface area contributed by atoms with E-state index < -0.39 is 11.7 Å². The lowest BCUT2D eigenvalue weighted by Gasteiger charge is -2.17. The molecule has 1 unspecified atom stereocenters. The van der Waals surface area contributed by atoms with Crippen molar-refractivity contribution in [2.24, 2.45) is 5.73 Å². The van der Waals surface area contributed by atoms with Gasteiger partial charge in [-0.25, -0.2) is 14.6 Å². The third kappa shape index (κ3) is 4.62. The number of aromatic nitrogens is 6. The first-order valence-corrected chi connectivity index (χ1v) is 10.3. The fourth-order valence-corrected chi connectivity index (χ4v) is 3.29. The molecule has 0 radical (unpaired) electrons. The summed E-state index contributed by atoms with van der Waals surface area (Å²) in [5, 5.41) is 17.7. The van der Waals surface area contributed by atoms with E-state index >= 15 is 0 Å².